The molecule has 1 aliphatic heterocycles. The van der Waals surface area contributed by atoms with Gasteiger partial charge in [0.1, 0.15) is 6.10 Å². The van der Waals surface area contributed by atoms with Crippen LogP contribution in [0.2, 0.25) is 0 Å². The van der Waals surface area contributed by atoms with Crippen molar-refractivity contribution in [1.82, 2.24) is 4.98 Å². The third-order valence-electron chi connectivity index (χ3n) is 4.63. The van der Waals surface area contributed by atoms with Crippen LogP contribution in [-0.2, 0) is 6.18 Å². The predicted octanol–water partition coefficient (Wildman–Crippen LogP) is 5.43. The average Bonchev–Trinajstić information content (AvgIpc) is 3.16. The van der Waals surface area contributed by atoms with Crippen molar-refractivity contribution in [2.24, 2.45) is 0 Å². The van der Waals surface area contributed by atoms with Gasteiger partial charge in [0.25, 0.3) is 0 Å². The van der Waals surface area contributed by atoms with E-state index in [2.05, 4.69) is 4.98 Å². The van der Waals surface area contributed by atoms with Crippen LogP contribution in [0.4, 0.5) is 18.9 Å². The number of nitrogens with zero attached hydrogens (tertiary/aromatic N) is 2. The standard InChI is InChI=1S/C22H19F3N2O/c23-22(24,25)18-9-10-21(26-14-18)28-20-11-12-27(15-20)19-8-4-7-17(13-19)16-5-2-1-3-6-16/h1-10,13-14,20H,11-12,15H2/i2D,13D. The van der Waals surface area contributed by atoms with E-state index in [4.69, 9.17) is 7.48 Å². The fraction of sp³-hybridized carbons (Fsp3) is 0.227. The summed E-state index contributed by atoms with van der Waals surface area (Å²) in [5.74, 6) is 0.155. The van der Waals surface area contributed by atoms with E-state index in [1.165, 1.54) is 6.07 Å². The van der Waals surface area contributed by atoms with Crippen molar-refractivity contribution in [1.29, 1.82) is 0 Å². The molecule has 1 fully saturated rings. The molecule has 2 heterocycles. The molecule has 3 aromatic rings. The smallest absolute Gasteiger partial charge is 0.417 e. The highest BCUT2D eigenvalue weighted by Gasteiger charge is 2.31. The number of pyridine rings is 1. The van der Waals surface area contributed by atoms with E-state index in [1.807, 2.05) is 29.2 Å². The number of hydrogen-bond donors (Lipinski definition) is 0. The van der Waals surface area contributed by atoms with Crippen LogP contribution in [0.25, 0.3) is 11.1 Å². The Morgan fingerprint density at radius 2 is 1.89 bits per heavy atom. The molecule has 1 saturated heterocycles. The molecule has 4 rings (SSSR count). The van der Waals surface area contributed by atoms with Gasteiger partial charge in [0.15, 0.2) is 0 Å². The first-order valence-corrected chi connectivity index (χ1v) is 8.93. The number of ether oxygens (including phenoxy) is 1. The van der Waals surface area contributed by atoms with Gasteiger partial charge in [-0.1, -0.05) is 42.4 Å². The molecule has 3 nitrogen and oxygen atoms in total. The zero-order chi connectivity index (χ0) is 21.3. The second-order valence-electron chi connectivity index (χ2n) is 6.60. The van der Waals surface area contributed by atoms with Crippen molar-refractivity contribution < 1.29 is 20.6 Å². The molecule has 0 aliphatic carbocycles. The summed E-state index contributed by atoms with van der Waals surface area (Å²) in [6.07, 6.45) is -3.21. The van der Waals surface area contributed by atoms with E-state index in [-0.39, 0.29) is 12.0 Å². The minimum Gasteiger partial charge on any atom is -0.472 e. The van der Waals surface area contributed by atoms with Crippen molar-refractivity contribution in [2.75, 3.05) is 18.0 Å². The fourth-order valence-corrected chi connectivity index (χ4v) is 3.20. The first kappa shape index (κ1) is 16.0. The number of rotatable bonds is 4. The van der Waals surface area contributed by atoms with Crippen LogP contribution in [0, 0.1) is 0 Å². The highest BCUT2D eigenvalue weighted by Crippen LogP contribution is 2.30. The summed E-state index contributed by atoms with van der Waals surface area (Å²) in [6.45, 7) is 1.18. The second-order valence-corrected chi connectivity index (χ2v) is 6.60. The molecule has 0 amide bonds. The molecule has 0 bridgehead atoms. The fourth-order valence-electron chi connectivity index (χ4n) is 3.20. The quantitative estimate of drug-likeness (QED) is 0.598. The SMILES string of the molecule is [2H]c1cccc(-c2cccc(N3CCC(Oc4ccc(C(F)(F)F)cn4)C3)c2[2H])c1. The van der Waals surface area contributed by atoms with Crippen LogP contribution >= 0.6 is 0 Å². The Morgan fingerprint density at radius 3 is 2.64 bits per heavy atom. The Bertz CT molecular complexity index is 1040. The van der Waals surface area contributed by atoms with Crippen molar-refractivity contribution in [2.45, 2.75) is 18.7 Å². The Morgan fingerprint density at radius 1 is 1.04 bits per heavy atom. The molecule has 1 unspecified atom stereocenters. The summed E-state index contributed by atoms with van der Waals surface area (Å²) >= 11 is 0. The molecule has 0 spiro atoms. The summed E-state index contributed by atoms with van der Waals surface area (Å²) in [6, 6.07) is 15.6. The molecular formula is C22H19F3N2O. The lowest BCUT2D eigenvalue weighted by Gasteiger charge is -2.20. The molecule has 144 valence electrons. The number of halogens is 3. The van der Waals surface area contributed by atoms with Crippen LogP contribution in [-0.4, -0.2) is 24.2 Å². The molecule has 0 saturated carbocycles. The normalized spacial score (nSPS) is 18.0. The van der Waals surface area contributed by atoms with E-state index in [9.17, 15) is 13.2 Å². The molecule has 0 N–H and O–H groups in total. The van der Waals surface area contributed by atoms with Crippen LogP contribution in [0.5, 0.6) is 5.88 Å². The van der Waals surface area contributed by atoms with E-state index < -0.39 is 11.7 Å². The minimum absolute atomic E-state index is 0.155. The first-order valence-electron chi connectivity index (χ1n) is 9.93. The van der Waals surface area contributed by atoms with Gasteiger partial charge in [0, 0.05) is 30.9 Å². The highest BCUT2D eigenvalue weighted by molar-refractivity contribution is 5.68. The Hall–Kier alpha value is -3.02. The van der Waals surface area contributed by atoms with E-state index in [1.54, 1.807) is 18.2 Å². The Kier molecular flexibility index (Phi) is 4.30. The number of aromatic nitrogens is 1. The monoisotopic (exact) mass is 386 g/mol. The maximum Gasteiger partial charge on any atom is 0.417 e. The van der Waals surface area contributed by atoms with Gasteiger partial charge in [-0.2, -0.15) is 13.2 Å². The van der Waals surface area contributed by atoms with Crippen molar-refractivity contribution >= 4 is 5.69 Å². The van der Waals surface area contributed by atoms with Crippen LogP contribution < -0.4 is 9.64 Å². The molecule has 1 atom stereocenters. The molecule has 6 heteroatoms. The van der Waals surface area contributed by atoms with Gasteiger partial charge in [-0.05, 0) is 29.3 Å². The lowest BCUT2D eigenvalue weighted by atomic mass is 10.1. The molecule has 2 aromatic carbocycles. The van der Waals surface area contributed by atoms with E-state index >= 15 is 0 Å². The van der Waals surface area contributed by atoms with Crippen molar-refractivity contribution in [3.8, 4) is 17.0 Å². The zero-order valence-corrected chi connectivity index (χ0v) is 14.9. The summed E-state index contributed by atoms with van der Waals surface area (Å²) in [7, 11) is 0. The molecule has 28 heavy (non-hydrogen) atoms. The van der Waals surface area contributed by atoms with Gasteiger partial charge in [0.05, 0.1) is 14.8 Å². The van der Waals surface area contributed by atoms with Gasteiger partial charge < -0.3 is 9.64 Å². The molecule has 1 aromatic heterocycles. The number of anilines is 1. The maximum atomic E-state index is 12.7. The number of benzene rings is 2. The summed E-state index contributed by atoms with van der Waals surface area (Å²) in [5, 5.41) is 0. The third-order valence-corrected chi connectivity index (χ3v) is 4.63. The van der Waals surface area contributed by atoms with E-state index in [0.29, 0.717) is 31.6 Å². The predicted molar refractivity (Wildman–Crippen MR) is 102 cm³/mol. The maximum absolute atomic E-state index is 12.7. The first-order chi connectivity index (χ1) is 14.3. The number of alkyl halides is 3. The molecule has 0 radical (unpaired) electrons. The molecular weight excluding hydrogens is 365 g/mol. The number of hydrogen-bond acceptors (Lipinski definition) is 3. The summed E-state index contributed by atoms with van der Waals surface area (Å²) in [4.78, 5) is 5.80. The van der Waals surface area contributed by atoms with Gasteiger partial charge >= 0.3 is 6.18 Å². The van der Waals surface area contributed by atoms with Crippen molar-refractivity contribution in [3.63, 3.8) is 0 Å². The second kappa shape index (κ2) is 7.54. The van der Waals surface area contributed by atoms with E-state index in [0.717, 1.165) is 29.1 Å². The van der Waals surface area contributed by atoms with Gasteiger partial charge in [0.2, 0.25) is 5.88 Å². The molecule has 1 aliphatic rings. The van der Waals surface area contributed by atoms with Crippen LogP contribution in [0.1, 0.15) is 14.7 Å². The zero-order valence-electron chi connectivity index (χ0n) is 16.9. The van der Waals surface area contributed by atoms with Crippen molar-refractivity contribution in [3.05, 3.63) is 78.4 Å². The topological polar surface area (TPSA) is 25.4 Å². The highest BCUT2D eigenvalue weighted by atomic mass is 19.4. The Labute approximate surface area is 164 Å². The van der Waals surface area contributed by atoms with Crippen LogP contribution in [0.15, 0.2) is 72.9 Å². The lowest BCUT2D eigenvalue weighted by molar-refractivity contribution is -0.137. The van der Waals surface area contributed by atoms with Crippen LogP contribution in [0.3, 0.4) is 0 Å². The van der Waals surface area contributed by atoms with Gasteiger partial charge in [-0.25, -0.2) is 4.98 Å². The average molecular weight is 386 g/mol. The Balaban J connectivity index is 1.48. The minimum atomic E-state index is -4.43. The largest absolute Gasteiger partial charge is 0.472 e. The lowest BCUT2D eigenvalue weighted by Crippen LogP contribution is -2.24. The summed E-state index contributed by atoms with van der Waals surface area (Å²) in [5.41, 5.74) is 1.51. The van der Waals surface area contributed by atoms with Gasteiger partial charge in [-0.3, -0.25) is 0 Å². The van der Waals surface area contributed by atoms with Gasteiger partial charge in [-0.15, -0.1) is 0 Å². The summed E-state index contributed by atoms with van der Waals surface area (Å²) < 4.78 is 60.2. The third kappa shape index (κ3) is 4.11.